The monoisotopic (exact) mass is 265 g/mol. The number of hydrogen-bond donors (Lipinski definition) is 2. The van der Waals surface area contributed by atoms with Crippen LogP contribution >= 0.6 is 11.8 Å². The smallest absolute Gasteiger partial charge is 0.115 e. The number of rotatable bonds is 5. The van der Waals surface area contributed by atoms with Gasteiger partial charge < -0.3 is 10.4 Å². The van der Waals surface area contributed by atoms with Crippen molar-refractivity contribution in [3.05, 3.63) is 29.3 Å². The number of hydrogen-bond acceptors (Lipinski definition) is 3. The van der Waals surface area contributed by atoms with Gasteiger partial charge in [0.05, 0.1) is 0 Å². The Morgan fingerprint density at radius 3 is 3.06 bits per heavy atom. The fourth-order valence-electron chi connectivity index (χ4n) is 2.73. The number of aromatic hydroxyl groups is 1. The minimum Gasteiger partial charge on any atom is -0.508 e. The standard InChI is InChI=1S/C15H23NOS/c1-3-12(10-18-2)16-15-6-4-5-11-7-8-13(17)9-14(11)15/h7-9,12,15-17H,3-6,10H2,1-2H3. The lowest BCUT2D eigenvalue weighted by atomic mass is 9.87. The highest BCUT2D eigenvalue weighted by Crippen LogP contribution is 2.32. The van der Waals surface area contributed by atoms with Gasteiger partial charge in [-0.3, -0.25) is 0 Å². The van der Waals surface area contributed by atoms with Gasteiger partial charge >= 0.3 is 0 Å². The number of phenols is 1. The molecular formula is C15H23NOS. The Kier molecular flexibility index (Phi) is 4.95. The average Bonchev–Trinajstić information content (AvgIpc) is 2.38. The summed E-state index contributed by atoms with van der Waals surface area (Å²) in [4.78, 5) is 0. The number of phenolic OH excluding ortho intramolecular Hbond substituents is 1. The van der Waals surface area contributed by atoms with E-state index in [9.17, 15) is 5.11 Å². The predicted octanol–water partition coefficient (Wildman–Crippen LogP) is 3.50. The Labute approximate surface area is 114 Å². The van der Waals surface area contributed by atoms with E-state index in [0.29, 0.717) is 17.8 Å². The van der Waals surface area contributed by atoms with Gasteiger partial charge in [0.2, 0.25) is 0 Å². The van der Waals surface area contributed by atoms with E-state index in [4.69, 9.17) is 0 Å². The van der Waals surface area contributed by atoms with E-state index in [1.165, 1.54) is 24.0 Å². The third-order valence-corrected chi connectivity index (χ3v) is 4.48. The van der Waals surface area contributed by atoms with Crippen molar-refractivity contribution in [2.75, 3.05) is 12.0 Å². The second kappa shape index (κ2) is 6.48. The normalized spacial score (nSPS) is 20.4. The van der Waals surface area contributed by atoms with Crippen molar-refractivity contribution in [1.82, 2.24) is 5.32 Å². The van der Waals surface area contributed by atoms with Crippen molar-refractivity contribution in [1.29, 1.82) is 0 Å². The molecular weight excluding hydrogens is 242 g/mol. The van der Waals surface area contributed by atoms with Gasteiger partial charge in [0.1, 0.15) is 5.75 Å². The molecule has 2 atom stereocenters. The molecule has 2 N–H and O–H groups in total. The molecule has 1 aromatic carbocycles. The van der Waals surface area contributed by atoms with Gasteiger partial charge in [-0.25, -0.2) is 0 Å². The lowest BCUT2D eigenvalue weighted by Crippen LogP contribution is -2.35. The molecule has 0 spiro atoms. The van der Waals surface area contributed by atoms with E-state index in [1.807, 2.05) is 17.8 Å². The molecule has 1 aromatic rings. The highest BCUT2D eigenvalue weighted by atomic mass is 32.2. The fraction of sp³-hybridized carbons (Fsp3) is 0.600. The van der Waals surface area contributed by atoms with Gasteiger partial charge in [0, 0.05) is 17.8 Å². The van der Waals surface area contributed by atoms with Crippen molar-refractivity contribution in [3.8, 4) is 5.75 Å². The Hall–Kier alpha value is -0.670. The fourth-order valence-corrected chi connectivity index (χ4v) is 3.46. The molecule has 3 heteroatoms. The van der Waals surface area contributed by atoms with Gasteiger partial charge in [-0.1, -0.05) is 13.0 Å². The Bertz CT molecular complexity index is 394. The largest absolute Gasteiger partial charge is 0.508 e. The van der Waals surface area contributed by atoms with Crippen LogP contribution in [0.5, 0.6) is 5.75 Å². The first-order chi connectivity index (χ1) is 8.74. The maximum Gasteiger partial charge on any atom is 0.115 e. The summed E-state index contributed by atoms with van der Waals surface area (Å²) in [5, 5.41) is 13.4. The molecule has 1 aliphatic carbocycles. The van der Waals surface area contributed by atoms with E-state index >= 15 is 0 Å². The summed E-state index contributed by atoms with van der Waals surface area (Å²) >= 11 is 1.90. The first-order valence-electron chi connectivity index (χ1n) is 6.81. The third-order valence-electron chi connectivity index (χ3n) is 3.74. The first kappa shape index (κ1) is 13.8. The van der Waals surface area contributed by atoms with Gasteiger partial charge in [0.15, 0.2) is 0 Å². The van der Waals surface area contributed by atoms with Crippen LogP contribution in [-0.2, 0) is 6.42 Å². The van der Waals surface area contributed by atoms with Crippen LogP contribution in [0.15, 0.2) is 18.2 Å². The van der Waals surface area contributed by atoms with Crippen molar-refractivity contribution in [3.63, 3.8) is 0 Å². The van der Waals surface area contributed by atoms with Crippen molar-refractivity contribution >= 4 is 11.8 Å². The van der Waals surface area contributed by atoms with E-state index < -0.39 is 0 Å². The Morgan fingerprint density at radius 1 is 1.50 bits per heavy atom. The summed E-state index contributed by atoms with van der Waals surface area (Å²) < 4.78 is 0. The minimum absolute atomic E-state index is 0.389. The lowest BCUT2D eigenvalue weighted by molar-refractivity contribution is 0.402. The Morgan fingerprint density at radius 2 is 2.33 bits per heavy atom. The SMILES string of the molecule is CCC(CSC)NC1CCCc2ccc(O)cc21. The van der Waals surface area contributed by atoms with Crippen LogP contribution in [0.4, 0.5) is 0 Å². The molecule has 100 valence electrons. The molecule has 0 aromatic heterocycles. The summed E-state index contributed by atoms with van der Waals surface area (Å²) in [6, 6.07) is 6.81. The molecule has 2 unspecified atom stereocenters. The predicted molar refractivity (Wildman–Crippen MR) is 79.4 cm³/mol. The summed E-state index contributed by atoms with van der Waals surface area (Å²) in [6.07, 6.45) is 6.88. The molecule has 2 nitrogen and oxygen atoms in total. The highest BCUT2D eigenvalue weighted by Gasteiger charge is 2.22. The lowest BCUT2D eigenvalue weighted by Gasteiger charge is -2.30. The maximum absolute atomic E-state index is 9.67. The first-order valence-corrected chi connectivity index (χ1v) is 8.20. The molecule has 0 heterocycles. The van der Waals surface area contributed by atoms with Gasteiger partial charge in [-0.15, -0.1) is 0 Å². The topological polar surface area (TPSA) is 32.3 Å². The average molecular weight is 265 g/mol. The van der Waals surface area contributed by atoms with E-state index in [-0.39, 0.29) is 0 Å². The number of thioether (sulfide) groups is 1. The summed E-state index contributed by atoms with van der Waals surface area (Å²) in [5.41, 5.74) is 2.70. The third kappa shape index (κ3) is 3.21. The van der Waals surface area contributed by atoms with Crippen LogP contribution in [0.25, 0.3) is 0 Å². The van der Waals surface area contributed by atoms with Crippen LogP contribution in [0, 0.1) is 0 Å². The van der Waals surface area contributed by atoms with Crippen molar-refractivity contribution < 1.29 is 5.11 Å². The van der Waals surface area contributed by atoms with Crippen LogP contribution in [0.1, 0.15) is 43.4 Å². The van der Waals surface area contributed by atoms with Gasteiger partial charge in [-0.2, -0.15) is 11.8 Å². The number of fused-ring (bicyclic) bond motifs is 1. The number of benzene rings is 1. The second-order valence-corrected chi connectivity index (χ2v) is 5.97. The van der Waals surface area contributed by atoms with E-state index in [0.717, 1.165) is 18.6 Å². The summed E-state index contributed by atoms with van der Waals surface area (Å²) in [6.45, 7) is 2.24. The molecule has 0 aliphatic heterocycles. The zero-order chi connectivity index (χ0) is 13.0. The molecule has 1 aliphatic rings. The van der Waals surface area contributed by atoms with Crippen LogP contribution in [0.3, 0.4) is 0 Å². The minimum atomic E-state index is 0.389. The van der Waals surface area contributed by atoms with Crippen LogP contribution in [0.2, 0.25) is 0 Å². The van der Waals surface area contributed by atoms with Crippen LogP contribution < -0.4 is 5.32 Å². The van der Waals surface area contributed by atoms with Crippen molar-refractivity contribution in [2.45, 2.75) is 44.7 Å². The second-order valence-electron chi connectivity index (χ2n) is 5.06. The van der Waals surface area contributed by atoms with Crippen LogP contribution in [-0.4, -0.2) is 23.2 Å². The molecule has 0 saturated carbocycles. The molecule has 0 bridgehead atoms. The molecule has 0 saturated heterocycles. The highest BCUT2D eigenvalue weighted by molar-refractivity contribution is 7.98. The number of nitrogens with one attached hydrogen (secondary N) is 1. The summed E-state index contributed by atoms with van der Waals surface area (Å²) in [5.74, 6) is 1.54. The zero-order valence-corrected chi connectivity index (χ0v) is 12.1. The van der Waals surface area contributed by atoms with Crippen molar-refractivity contribution in [2.24, 2.45) is 0 Å². The maximum atomic E-state index is 9.67. The molecule has 18 heavy (non-hydrogen) atoms. The molecule has 0 radical (unpaired) electrons. The Balaban J connectivity index is 2.13. The molecule has 0 amide bonds. The van der Waals surface area contributed by atoms with E-state index in [2.05, 4.69) is 24.6 Å². The van der Waals surface area contributed by atoms with Gasteiger partial charge in [-0.05, 0) is 55.2 Å². The summed E-state index contributed by atoms with van der Waals surface area (Å²) in [7, 11) is 0. The molecule has 0 fully saturated rings. The van der Waals surface area contributed by atoms with E-state index in [1.54, 1.807) is 6.07 Å². The quantitative estimate of drug-likeness (QED) is 0.854. The zero-order valence-electron chi connectivity index (χ0n) is 11.3. The number of aryl methyl sites for hydroxylation is 1. The molecule has 2 rings (SSSR count). The van der Waals surface area contributed by atoms with Gasteiger partial charge in [0.25, 0.3) is 0 Å².